The van der Waals surface area contributed by atoms with E-state index in [9.17, 15) is 24.0 Å². The Morgan fingerprint density at radius 2 is 1.35 bits per heavy atom. The summed E-state index contributed by atoms with van der Waals surface area (Å²) in [6.07, 6.45) is -1.12. The molecule has 0 radical (unpaired) electrons. The molecule has 0 N–H and O–H groups in total. The lowest BCUT2D eigenvalue weighted by Gasteiger charge is -2.25. The van der Waals surface area contributed by atoms with Gasteiger partial charge in [-0.2, -0.15) is 0 Å². The lowest BCUT2D eigenvalue weighted by molar-refractivity contribution is -0.158. The van der Waals surface area contributed by atoms with Crippen LogP contribution in [0.1, 0.15) is 59.8 Å². The van der Waals surface area contributed by atoms with Crippen molar-refractivity contribution < 1.29 is 38.2 Å². The van der Waals surface area contributed by atoms with Gasteiger partial charge in [-0.1, -0.05) is 0 Å². The van der Waals surface area contributed by atoms with E-state index in [2.05, 4.69) is 9.47 Å². The number of rotatable bonds is 10. The number of esters is 3. The van der Waals surface area contributed by atoms with E-state index in [0.717, 1.165) is 7.11 Å². The molecule has 1 unspecified atom stereocenters. The maximum absolute atomic E-state index is 12.4. The number of ether oxygens (including phenoxy) is 3. The molecule has 0 heterocycles. The average molecular weight is 372 g/mol. The predicted molar refractivity (Wildman–Crippen MR) is 91.1 cm³/mol. The highest BCUT2D eigenvalue weighted by atomic mass is 16.6. The molecule has 0 aromatic rings. The Kier molecular flexibility index (Phi) is 9.17. The summed E-state index contributed by atoms with van der Waals surface area (Å²) in [5.74, 6) is -3.02. The van der Waals surface area contributed by atoms with Gasteiger partial charge in [-0.15, -0.1) is 0 Å². The Bertz CT molecular complexity index is 558. The predicted octanol–water partition coefficient (Wildman–Crippen LogP) is 1.77. The van der Waals surface area contributed by atoms with Crippen molar-refractivity contribution in [3.8, 4) is 0 Å². The van der Waals surface area contributed by atoms with Crippen LogP contribution in [0.5, 0.6) is 0 Å². The van der Waals surface area contributed by atoms with Crippen molar-refractivity contribution >= 4 is 29.5 Å². The van der Waals surface area contributed by atoms with Crippen LogP contribution in [-0.2, 0) is 38.2 Å². The number of Topliss-reactive ketones (excluding diaryl/α,β-unsaturated/α-hetero) is 2. The molecule has 8 heteroatoms. The third kappa shape index (κ3) is 8.22. The molecule has 8 nitrogen and oxygen atoms in total. The Morgan fingerprint density at radius 1 is 0.769 bits per heavy atom. The first kappa shape index (κ1) is 23.8. The van der Waals surface area contributed by atoms with Crippen LogP contribution in [0.3, 0.4) is 0 Å². The van der Waals surface area contributed by atoms with Gasteiger partial charge in [0.15, 0.2) is 0 Å². The summed E-state index contributed by atoms with van der Waals surface area (Å²) < 4.78 is 14.2. The minimum atomic E-state index is -1.58. The molecule has 0 fully saturated rings. The highest BCUT2D eigenvalue weighted by Crippen LogP contribution is 2.29. The summed E-state index contributed by atoms with van der Waals surface area (Å²) in [5, 5.41) is 0. The average Bonchev–Trinajstić information content (AvgIpc) is 2.54. The second-order valence-corrected chi connectivity index (χ2v) is 7.12. The zero-order valence-corrected chi connectivity index (χ0v) is 16.3. The normalized spacial score (nSPS) is 13.3. The van der Waals surface area contributed by atoms with Gasteiger partial charge in [-0.25, -0.2) is 0 Å². The van der Waals surface area contributed by atoms with Crippen molar-refractivity contribution in [1.82, 2.24) is 0 Å². The van der Waals surface area contributed by atoms with Gasteiger partial charge >= 0.3 is 17.9 Å². The Labute approximate surface area is 153 Å². The highest BCUT2D eigenvalue weighted by molar-refractivity contribution is 6.04. The van der Waals surface area contributed by atoms with Crippen molar-refractivity contribution in [2.45, 2.75) is 65.4 Å². The van der Waals surface area contributed by atoms with Crippen LogP contribution < -0.4 is 0 Å². The van der Waals surface area contributed by atoms with E-state index in [-0.39, 0.29) is 25.7 Å². The Balaban J connectivity index is 4.88. The van der Waals surface area contributed by atoms with Crippen molar-refractivity contribution in [3.63, 3.8) is 0 Å². The first-order chi connectivity index (χ1) is 11.9. The standard InChI is InChI=1S/C18H28O8/c1-17(2,3)26-15(22)11-12(19)9-10-18(4,16(23)25-6)13(20)7-8-14(21)24-5/h7-11H2,1-6H3. The molecule has 0 aromatic heterocycles. The van der Waals surface area contributed by atoms with Gasteiger partial charge in [0.2, 0.25) is 0 Å². The number of carbonyl (C=O) groups is 5. The lowest BCUT2D eigenvalue weighted by Crippen LogP contribution is -2.38. The van der Waals surface area contributed by atoms with E-state index in [0.29, 0.717) is 0 Å². The summed E-state index contributed by atoms with van der Waals surface area (Å²) in [7, 11) is 2.33. The summed E-state index contributed by atoms with van der Waals surface area (Å²) in [4.78, 5) is 59.3. The van der Waals surface area contributed by atoms with Crippen LogP contribution in [0.25, 0.3) is 0 Å². The van der Waals surface area contributed by atoms with Gasteiger partial charge in [0.25, 0.3) is 0 Å². The number of carbonyl (C=O) groups excluding carboxylic acids is 5. The number of ketones is 2. The minimum absolute atomic E-state index is 0.124. The van der Waals surface area contributed by atoms with Crippen LogP contribution in [0, 0.1) is 5.41 Å². The Hall–Kier alpha value is -2.25. The second-order valence-electron chi connectivity index (χ2n) is 7.12. The van der Waals surface area contributed by atoms with Gasteiger partial charge < -0.3 is 14.2 Å². The van der Waals surface area contributed by atoms with E-state index >= 15 is 0 Å². The first-order valence-electron chi connectivity index (χ1n) is 8.27. The molecule has 0 aliphatic rings. The van der Waals surface area contributed by atoms with Crippen molar-refractivity contribution in [3.05, 3.63) is 0 Å². The monoisotopic (exact) mass is 372 g/mol. The van der Waals surface area contributed by atoms with E-state index in [1.807, 2.05) is 0 Å². The van der Waals surface area contributed by atoms with E-state index in [1.165, 1.54) is 14.0 Å². The topological polar surface area (TPSA) is 113 Å². The largest absolute Gasteiger partial charge is 0.469 e. The smallest absolute Gasteiger partial charge is 0.319 e. The van der Waals surface area contributed by atoms with Gasteiger partial charge in [0, 0.05) is 12.8 Å². The molecule has 0 aliphatic carbocycles. The fourth-order valence-electron chi connectivity index (χ4n) is 2.19. The molecule has 0 saturated carbocycles. The van der Waals surface area contributed by atoms with Gasteiger partial charge in [-0.05, 0) is 34.1 Å². The van der Waals surface area contributed by atoms with Crippen molar-refractivity contribution in [2.24, 2.45) is 5.41 Å². The minimum Gasteiger partial charge on any atom is -0.469 e. The lowest BCUT2D eigenvalue weighted by atomic mass is 9.78. The molecule has 0 rings (SSSR count). The molecule has 26 heavy (non-hydrogen) atoms. The zero-order valence-electron chi connectivity index (χ0n) is 16.3. The third-order valence-electron chi connectivity index (χ3n) is 3.70. The summed E-state index contributed by atoms with van der Waals surface area (Å²) in [5.41, 5.74) is -2.28. The molecular weight excluding hydrogens is 344 g/mol. The van der Waals surface area contributed by atoms with Crippen molar-refractivity contribution in [2.75, 3.05) is 14.2 Å². The molecule has 0 saturated heterocycles. The van der Waals surface area contributed by atoms with Gasteiger partial charge in [0.1, 0.15) is 29.0 Å². The number of hydrogen-bond donors (Lipinski definition) is 0. The molecule has 1 atom stereocenters. The number of methoxy groups -OCH3 is 2. The van der Waals surface area contributed by atoms with Crippen LogP contribution in [-0.4, -0.2) is 49.3 Å². The highest BCUT2D eigenvalue weighted by Gasteiger charge is 2.42. The van der Waals surface area contributed by atoms with E-state index in [4.69, 9.17) is 4.74 Å². The second kappa shape index (κ2) is 10.0. The van der Waals surface area contributed by atoms with Crippen LogP contribution in [0.2, 0.25) is 0 Å². The molecule has 0 aromatic carbocycles. The fourth-order valence-corrected chi connectivity index (χ4v) is 2.19. The maximum atomic E-state index is 12.4. The Morgan fingerprint density at radius 3 is 1.81 bits per heavy atom. The quantitative estimate of drug-likeness (QED) is 0.324. The summed E-state index contributed by atoms with van der Waals surface area (Å²) in [6, 6.07) is 0. The van der Waals surface area contributed by atoms with E-state index in [1.54, 1.807) is 20.8 Å². The summed E-state index contributed by atoms with van der Waals surface area (Å²) in [6.45, 7) is 6.41. The zero-order chi connectivity index (χ0) is 20.5. The van der Waals surface area contributed by atoms with Gasteiger partial charge in [-0.3, -0.25) is 24.0 Å². The molecular formula is C18H28O8. The van der Waals surface area contributed by atoms with Crippen LogP contribution in [0.15, 0.2) is 0 Å². The first-order valence-corrected chi connectivity index (χ1v) is 8.27. The van der Waals surface area contributed by atoms with Gasteiger partial charge in [0.05, 0.1) is 20.6 Å². The number of hydrogen-bond acceptors (Lipinski definition) is 8. The molecule has 0 spiro atoms. The maximum Gasteiger partial charge on any atom is 0.319 e. The van der Waals surface area contributed by atoms with Crippen molar-refractivity contribution in [1.29, 1.82) is 0 Å². The van der Waals surface area contributed by atoms with E-state index < -0.39 is 46.9 Å². The SMILES string of the molecule is COC(=O)CCC(=O)C(C)(CCC(=O)CC(=O)OC(C)(C)C)C(=O)OC. The molecule has 0 aliphatic heterocycles. The molecule has 0 amide bonds. The fraction of sp³-hybridized carbons (Fsp3) is 0.722. The molecule has 148 valence electrons. The van der Waals surface area contributed by atoms with Crippen LogP contribution in [0.4, 0.5) is 0 Å². The summed E-state index contributed by atoms with van der Waals surface area (Å²) >= 11 is 0. The third-order valence-corrected chi connectivity index (χ3v) is 3.70. The van der Waals surface area contributed by atoms with Crippen LogP contribution >= 0.6 is 0 Å². The molecule has 0 bridgehead atoms.